The number of nitrogens with two attached hydrogens (primary N) is 1. The molecule has 0 aromatic carbocycles. The Bertz CT molecular complexity index is 340. The molecule has 84 valence electrons. The Hall–Kier alpha value is -0.760. The fraction of sp³-hybridized carbons (Fsp3) is 0.692. The molecule has 2 heteroatoms. The van der Waals surface area contributed by atoms with Gasteiger partial charge in [0.2, 0.25) is 0 Å². The largest absolute Gasteiger partial charge is 0.465 e. The molecule has 0 aliphatic heterocycles. The van der Waals surface area contributed by atoms with Crippen LogP contribution < -0.4 is 5.73 Å². The van der Waals surface area contributed by atoms with Crippen molar-refractivity contribution in [2.24, 2.45) is 17.1 Å². The molecule has 0 amide bonds. The van der Waals surface area contributed by atoms with Crippen LogP contribution in [0, 0.1) is 18.3 Å². The predicted octanol–water partition coefficient (Wildman–Crippen LogP) is 3.41. The quantitative estimate of drug-likeness (QED) is 0.807. The summed E-state index contributed by atoms with van der Waals surface area (Å²) in [5.41, 5.74) is 6.66. The van der Waals surface area contributed by atoms with E-state index in [0.717, 1.165) is 11.5 Å². The second-order valence-electron chi connectivity index (χ2n) is 5.46. The Labute approximate surface area is 91.8 Å². The fourth-order valence-corrected chi connectivity index (χ4v) is 2.85. The summed E-state index contributed by atoms with van der Waals surface area (Å²) in [5.74, 6) is 2.46. The molecule has 0 spiro atoms. The Morgan fingerprint density at radius 3 is 2.67 bits per heavy atom. The summed E-state index contributed by atoms with van der Waals surface area (Å²) in [5, 5.41) is 0. The van der Waals surface area contributed by atoms with E-state index >= 15 is 0 Å². The zero-order chi connectivity index (χ0) is 11.1. The Kier molecular flexibility index (Phi) is 2.63. The predicted molar refractivity (Wildman–Crippen MR) is 61.5 cm³/mol. The molecule has 1 aliphatic rings. The summed E-state index contributed by atoms with van der Waals surface area (Å²) in [6.07, 6.45) is 3.81. The number of aryl methyl sites for hydroxylation is 1. The van der Waals surface area contributed by atoms with Crippen LogP contribution in [0.2, 0.25) is 0 Å². The molecule has 0 bridgehead atoms. The lowest BCUT2D eigenvalue weighted by Gasteiger charge is -2.30. The molecule has 1 aromatic heterocycles. The van der Waals surface area contributed by atoms with Crippen LogP contribution in [-0.2, 0) is 0 Å². The SMILES string of the molecule is Cc1ccc(C(N)C2CCCC2(C)C)o1. The van der Waals surface area contributed by atoms with E-state index in [-0.39, 0.29) is 6.04 Å². The maximum Gasteiger partial charge on any atom is 0.121 e. The van der Waals surface area contributed by atoms with Gasteiger partial charge in [-0.25, -0.2) is 0 Å². The molecule has 2 nitrogen and oxygen atoms in total. The van der Waals surface area contributed by atoms with Gasteiger partial charge in [-0.05, 0) is 43.2 Å². The molecular weight excluding hydrogens is 186 g/mol. The first kappa shape index (κ1) is 10.7. The number of hydrogen-bond acceptors (Lipinski definition) is 2. The minimum atomic E-state index is 0.0659. The standard InChI is InChI=1S/C13H21NO/c1-9-6-7-11(15-9)12(14)10-5-4-8-13(10,2)3/h6-7,10,12H,4-5,8,14H2,1-3H3. The van der Waals surface area contributed by atoms with Gasteiger partial charge < -0.3 is 10.2 Å². The van der Waals surface area contributed by atoms with Crippen LogP contribution in [0.15, 0.2) is 16.5 Å². The molecular formula is C13H21NO. The van der Waals surface area contributed by atoms with Crippen molar-refractivity contribution in [3.63, 3.8) is 0 Å². The van der Waals surface area contributed by atoms with Crippen molar-refractivity contribution in [3.8, 4) is 0 Å². The first-order chi connectivity index (χ1) is 7.00. The minimum Gasteiger partial charge on any atom is -0.465 e. The molecule has 2 N–H and O–H groups in total. The van der Waals surface area contributed by atoms with Crippen LogP contribution in [0.3, 0.4) is 0 Å². The minimum absolute atomic E-state index is 0.0659. The third-order valence-electron chi connectivity index (χ3n) is 3.86. The number of rotatable bonds is 2. The van der Waals surface area contributed by atoms with Gasteiger partial charge in [0, 0.05) is 0 Å². The highest BCUT2D eigenvalue weighted by Crippen LogP contribution is 2.47. The maximum absolute atomic E-state index is 6.30. The van der Waals surface area contributed by atoms with Gasteiger partial charge >= 0.3 is 0 Å². The van der Waals surface area contributed by atoms with Crippen molar-refractivity contribution in [1.82, 2.24) is 0 Å². The van der Waals surface area contributed by atoms with Gasteiger partial charge in [-0.3, -0.25) is 0 Å². The smallest absolute Gasteiger partial charge is 0.121 e. The Morgan fingerprint density at radius 2 is 2.20 bits per heavy atom. The van der Waals surface area contributed by atoms with E-state index in [4.69, 9.17) is 10.2 Å². The van der Waals surface area contributed by atoms with Crippen molar-refractivity contribution in [3.05, 3.63) is 23.7 Å². The van der Waals surface area contributed by atoms with Crippen LogP contribution in [0.4, 0.5) is 0 Å². The monoisotopic (exact) mass is 207 g/mol. The second kappa shape index (κ2) is 3.67. The van der Waals surface area contributed by atoms with Crippen LogP contribution in [0.1, 0.15) is 50.7 Å². The first-order valence-electron chi connectivity index (χ1n) is 5.82. The third kappa shape index (κ3) is 1.96. The lowest BCUT2D eigenvalue weighted by molar-refractivity contribution is 0.205. The van der Waals surface area contributed by atoms with Gasteiger partial charge in [0.15, 0.2) is 0 Å². The molecule has 1 fully saturated rings. The topological polar surface area (TPSA) is 39.2 Å². The summed E-state index contributed by atoms with van der Waals surface area (Å²) < 4.78 is 5.63. The maximum atomic E-state index is 6.30. The van der Waals surface area contributed by atoms with E-state index in [1.807, 2.05) is 19.1 Å². The summed E-state index contributed by atoms with van der Waals surface area (Å²) in [7, 11) is 0. The fourth-order valence-electron chi connectivity index (χ4n) is 2.85. The van der Waals surface area contributed by atoms with Gasteiger partial charge in [-0.1, -0.05) is 20.3 Å². The van der Waals surface area contributed by atoms with Crippen molar-refractivity contribution in [2.45, 2.75) is 46.1 Å². The Balaban J connectivity index is 2.17. The van der Waals surface area contributed by atoms with E-state index in [1.54, 1.807) is 0 Å². The van der Waals surface area contributed by atoms with Crippen LogP contribution in [0.5, 0.6) is 0 Å². The van der Waals surface area contributed by atoms with Crippen LogP contribution in [0.25, 0.3) is 0 Å². The summed E-state index contributed by atoms with van der Waals surface area (Å²) in [4.78, 5) is 0. The summed E-state index contributed by atoms with van der Waals surface area (Å²) >= 11 is 0. The third-order valence-corrected chi connectivity index (χ3v) is 3.86. The Morgan fingerprint density at radius 1 is 1.47 bits per heavy atom. The second-order valence-corrected chi connectivity index (χ2v) is 5.46. The molecule has 1 saturated carbocycles. The zero-order valence-electron chi connectivity index (χ0n) is 9.92. The molecule has 1 heterocycles. The molecule has 0 radical (unpaired) electrons. The van der Waals surface area contributed by atoms with Crippen molar-refractivity contribution in [2.75, 3.05) is 0 Å². The summed E-state index contributed by atoms with van der Waals surface area (Å²) in [6.45, 7) is 6.61. The van der Waals surface area contributed by atoms with Crippen molar-refractivity contribution < 1.29 is 4.42 Å². The normalized spacial score (nSPS) is 26.8. The molecule has 2 unspecified atom stereocenters. The van der Waals surface area contributed by atoms with Gasteiger partial charge in [-0.15, -0.1) is 0 Å². The van der Waals surface area contributed by atoms with E-state index in [0.29, 0.717) is 11.3 Å². The van der Waals surface area contributed by atoms with Gasteiger partial charge in [-0.2, -0.15) is 0 Å². The highest BCUT2D eigenvalue weighted by molar-refractivity contribution is 5.12. The van der Waals surface area contributed by atoms with Crippen LogP contribution >= 0.6 is 0 Å². The van der Waals surface area contributed by atoms with Gasteiger partial charge in [0.05, 0.1) is 6.04 Å². The summed E-state index contributed by atoms with van der Waals surface area (Å²) in [6, 6.07) is 4.09. The van der Waals surface area contributed by atoms with Gasteiger partial charge in [0.25, 0.3) is 0 Å². The lowest BCUT2D eigenvalue weighted by atomic mass is 9.77. The average molecular weight is 207 g/mol. The number of furan rings is 1. The average Bonchev–Trinajstić information content (AvgIpc) is 2.70. The van der Waals surface area contributed by atoms with Crippen molar-refractivity contribution >= 4 is 0 Å². The van der Waals surface area contributed by atoms with Crippen molar-refractivity contribution in [1.29, 1.82) is 0 Å². The van der Waals surface area contributed by atoms with E-state index in [1.165, 1.54) is 19.3 Å². The van der Waals surface area contributed by atoms with Crippen LogP contribution in [-0.4, -0.2) is 0 Å². The zero-order valence-corrected chi connectivity index (χ0v) is 9.92. The number of hydrogen-bond donors (Lipinski definition) is 1. The highest BCUT2D eigenvalue weighted by Gasteiger charge is 2.39. The van der Waals surface area contributed by atoms with E-state index < -0.39 is 0 Å². The highest BCUT2D eigenvalue weighted by atomic mass is 16.3. The molecule has 2 atom stereocenters. The lowest BCUT2D eigenvalue weighted by Crippen LogP contribution is -2.29. The molecule has 15 heavy (non-hydrogen) atoms. The molecule has 0 saturated heterocycles. The van der Waals surface area contributed by atoms with Gasteiger partial charge in [0.1, 0.15) is 11.5 Å². The molecule has 1 aromatic rings. The first-order valence-corrected chi connectivity index (χ1v) is 5.82. The molecule has 2 rings (SSSR count). The van der Waals surface area contributed by atoms with E-state index in [2.05, 4.69) is 13.8 Å². The van der Waals surface area contributed by atoms with E-state index in [9.17, 15) is 0 Å². The molecule has 1 aliphatic carbocycles.